The van der Waals surface area contributed by atoms with Gasteiger partial charge in [-0.25, -0.2) is 13.8 Å². The van der Waals surface area contributed by atoms with Gasteiger partial charge in [-0.3, -0.25) is 28.5 Å². The summed E-state index contributed by atoms with van der Waals surface area (Å²) in [5.41, 5.74) is -0.542. The standard InChI is InChI=1S/C23H24ClF2N5O5/c1-23(25,26)9-7-15(19(33)22(36)27-2)30-20(34)13-11-12(24)3-4-14(13)29-21(35)16-5-6-17-28-10-8-18(32)31(16)17/h3-4,8,10-11,15-16H,5-7,9H2,1-2H3,(H,27,36)(H,29,35)(H,30,34)/t15-,16-/m0/s1. The number of aryl methyl sites for hydroxylation is 1. The highest BCUT2D eigenvalue weighted by molar-refractivity contribution is 6.38. The lowest BCUT2D eigenvalue weighted by Gasteiger charge is -2.20. The van der Waals surface area contributed by atoms with Crippen molar-refractivity contribution >= 4 is 40.8 Å². The molecule has 13 heteroatoms. The van der Waals surface area contributed by atoms with Crippen LogP contribution in [-0.4, -0.2) is 52.1 Å². The highest BCUT2D eigenvalue weighted by Crippen LogP contribution is 2.27. The van der Waals surface area contributed by atoms with Crippen LogP contribution in [0.2, 0.25) is 5.02 Å². The smallest absolute Gasteiger partial charge is 0.289 e. The van der Waals surface area contributed by atoms with Gasteiger partial charge in [0.1, 0.15) is 11.9 Å². The number of hydrogen-bond donors (Lipinski definition) is 3. The molecule has 0 radical (unpaired) electrons. The Morgan fingerprint density at radius 2 is 1.97 bits per heavy atom. The van der Waals surface area contributed by atoms with Crippen molar-refractivity contribution in [2.45, 2.75) is 50.6 Å². The van der Waals surface area contributed by atoms with Crippen LogP contribution in [0.1, 0.15) is 48.4 Å². The van der Waals surface area contributed by atoms with Gasteiger partial charge in [-0.1, -0.05) is 11.6 Å². The number of ketones is 1. The van der Waals surface area contributed by atoms with Crippen molar-refractivity contribution in [3.63, 3.8) is 0 Å². The Labute approximate surface area is 209 Å². The molecule has 0 fully saturated rings. The first-order valence-electron chi connectivity index (χ1n) is 11.0. The lowest BCUT2D eigenvalue weighted by Crippen LogP contribution is -2.47. The van der Waals surface area contributed by atoms with Crippen molar-refractivity contribution < 1.29 is 28.0 Å². The number of Topliss-reactive ketones (excluding diaryl/α,β-unsaturated/α-hetero) is 1. The normalized spacial score (nSPS) is 15.5. The van der Waals surface area contributed by atoms with E-state index in [4.69, 9.17) is 11.6 Å². The number of alkyl halides is 2. The number of nitrogens with one attached hydrogen (secondary N) is 3. The van der Waals surface area contributed by atoms with Crippen molar-refractivity contribution in [3.8, 4) is 0 Å². The van der Waals surface area contributed by atoms with Crippen LogP contribution >= 0.6 is 11.6 Å². The summed E-state index contributed by atoms with van der Waals surface area (Å²) in [6.45, 7) is 0.656. The van der Waals surface area contributed by atoms with Crippen molar-refractivity contribution in [2.24, 2.45) is 0 Å². The summed E-state index contributed by atoms with van der Waals surface area (Å²) < 4.78 is 28.1. The molecule has 3 amide bonds. The van der Waals surface area contributed by atoms with E-state index < -0.39 is 59.9 Å². The summed E-state index contributed by atoms with van der Waals surface area (Å²) in [4.78, 5) is 66.6. The Kier molecular flexibility index (Phi) is 8.18. The first kappa shape index (κ1) is 26.9. The number of carbonyl (C=O) groups excluding carboxylic acids is 4. The number of carbonyl (C=O) groups is 4. The van der Waals surface area contributed by atoms with Crippen LogP contribution in [0.3, 0.4) is 0 Å². The van der Waals surface area contributed by atoms with Crippen LogP contribution in [0.4, 0.5) is 14.5 Å². The maximum absolute atomic E-state index is 13.4. The largest absolute Gasteiger partial charge is 0.353 e. The molecule has 2 atom stereocenters. The second-order valence-electron chi connectivity index (χ2n) is 8.38. The number of rotatable bonds is 9. The van der Waals surface area contributed by atoms with E-state index in [0.717, 1.165) is 0 Å². The molecular formula is C23H24ClF2N5O5. The fourth-order valence-corrected chi connectivity index (χ4v) is 4.00. The van der Waals surface area contributed by atoms with Crippen LogP contribution < -0.4 is 21.5 Å². The maximum atomic E-state index is 13.4. The van der Waals surface area contributed by atoms with E-state index >= 15 is 0 Å². The molecule has 1 aromatic carbocycles. The Balaban J connectivity index is 1.85. The van der Waals surface area contributed by atoms with E-state index in [1.165, 1.54) is 42.1 Å². The first-order valence-corrected chi connectivity index (χ1v) is 11.4. The predicted octanol–water partition coefficient (Wildman–Crippen LogP) is 1.87. The predicted molar refractivity (Wildman–Crippen MR) is 126 cm³/mol. The molecule has 0 aliphatic carbocycles. The van der Waals surface area contributed by atoms with E-state index in [2.05, 4.69) is 20.9 Å². The zero-order chi connectivity index (χ0) is 26.6. The number of likely N-dealkylation sites (N-methyl/N-ethyl adjacent to an activating group) is 1. The van der Waals surface area contributed by atoms with Gasteiger partial charge < -0.3 is 16.0 Å². The summed E-state index contributed by atoms with van der Waals surface area (Å²) in [7, 11) is 1.19. The summed E-state index contributed by atoms with van der Waals surface area (Å²) in [6, 6.07) is 2.82. The van der Waals surface area contributed by atoms with Gasteiger partial charge in [0.15, 0.2) is 0 Å². The highest BCUT2D eigenvalue weighted by Gasteiger charge is 2.33. The molecule has 36 heavy (non-hydrogen) atoms. The molecule has 3 rings (SSSR count). The van der Waals surface area contributed by atoms with E-state index in [1.54, 1.807) is 0 Å². The minimum Gasteiger partial charge on any atom is -0.353 e. The average molecular weight is 524 g/mol. The number of anilines is 1. The SMILES string of the molecule is CNC(=O)C(=O)[C@H](CCC(C)(F)F)NC(=O)c1cc(Cl)ccc1NC(=O)[C@@H]1CCc2nccc(=O)n21. The van der Waals surface area contributed by atoms with E-state index in [9.17, 15) is 32.8 Å². The monoisotopic (exact) mass is 523 g/mol. The number of hydrogen-bond acceptors (Lipinski definition) is 6. The van der Waals surface area contributed by atoms with Gasteiger partial charge in [0, 0.05) is 37.2 Å². The Morgan fingerprint density at radius 1 is 1.25 bits per heavy atom. The second-order valence-corrected chi connectivity index (χ2v) is 8.82. The Morgan fingerprint density at radius 3 is 2.64 bits per heavy atom. The van der Waals surface area contributed by atoms with Crippen LogP contribution in [0.5, 0.6) is 0 Å². The topological polar surface area (TPSA) is 139 Å². The molecule has 0 unspecified atom stereocenters. The number of halogens is 3. The number of benzene rings is 1. The summed E-state index contributed by atoms with van der Waals surface area (Å²) >= 11 is 6.03. The Hall–Kier alpha value is -3.67. The van der Waals surface area contributed by atoms with Crippen LogP contribution in [0.15, 0.2) is 35.3 Å². The molecular weight excluding hydrogens is 500 g/mol. The van der Waals surface area contributed by atoms with Crippen LogP contribution in [0, 0.1) is 0 Å². The molecule has 1 aliphatic heterocycles. The van der Waals surface area contributed by atoms with Crippen molar-refractivity contribution in [3.05, 3.63) is 57.2 Å². The zero-order valence-corrected chi connectivity index (χ0v) is 20.2. The van der Waals surface area contributed by atoms with Crippen LogP contribution in [0.25, 0.3) is 0 Å². The quantitative estimate of drug-likeness (QED) is 0.429. The fraction of sp³-hybridized carbons (Fsp3) is 0.391. The molecule has 2 heterocycles. The van der Waals surface area contributed by atoms with E-state index in [0.29, 0.717) is 25.6 Å². The zero-order valence-electron chi connectivity index (χ0n) is 19.4. The molecule has 1 aliphatic rings. The highest BCUT2D eigenvalue weighted by atomic mass is 35.5. The summed E-state index contributed by atoms with van der Waals surface area (Å²) in [5.74, 6) is -6.33. The molecule has 1 aromatic heterocycles. The van der Waals surface area contributed by atoms with Crippen molar-refractivity contribution in [1.29, 1.82) is 0 Å². The molecule has 0 spiro atoms. The van der Waals surface area contributed by atoms with Gasteiger partial charge in [0.05, 0.1) is 17.3 Å². The number of amides is 3. The number of nitrogens with zero attached hydrogens (tertiary/aromatic N) is 2. The summed E-state index contributed by atoms with van der Waals surface area (Å²) in [6.07, 6.45) is 0.831. The Bertz CT molecular complexity index is 1260. The van der Waals surface area contributed by atoms with Crippen LogP contribution in [-0.2, 0) is 20.8 Å². The lowest BCUT2D eigenvalue weighted by atomic mass is 10.0. The molecule has 2 aromatic rings. The number of fused-ring (bicyclic) bond motifs is 1. The third kappa shape index (κ3) is 6.30. The lowest BCUT2D eigenvalue weighted by molar-refractivity contribution is -0.139. The maximum Gasteiger partial charge on any atom is 0.289 e. The van der Waals surface area contributed by atoms with Gasteiger partial charge in [-0.05, 0) is 38.0 Å². The number of aromatic nitrogens is 2. The molecule has 192 valence electrons. The molecule has 10 nitrogen and oxygen atoms in total. The third-order valence-electron chi connectivity index (χ3n) is 5.64. The third-order valence-corrected chi connectivity index (χ3v) is 5.88. The van der Waals surface area contributed by atoms with Gasteiger partial charge in [-0.2, -0.15) is 0 Å². The summed E-state index contributed by atoms with van der Waals surface area (Å²) in [5, 5.41) is 7.12. The van der Waals surface area contributed by atoms with E-state index in [-0.39, 0.29) is 16.3 Å². The first-order chi connectivity index (χ1) is 16.9. The van der Waals surface area contributed by atoms with Gasteiger partial charge in [0.25, 0.3) is 17.4 Å². The molecule has 3 N–H and O–H groups in total. The van der Waals surface area contributed by atoms with Crippen molar-refractivity contribution in [2.75, 3.05) is 12.4 Å². The van der Waals surface area contributed by atoms with E-state index in [1.807, 2.05) is 0 Å². The molecule has 0 saturated carbocycles. The van der Waals surface area contributed by atoms with Gasteiger partial charge in [0.2, 0.25) is 17.6 Å². The van der Waals surface area contributed by atoms with Gasteiger partial charge >= 0.3 is 0 Å². The average Bonchev–Trinajstić information content (AvgIpc) is 3.27. The fourth-order valence-electron chi connectivity index (χ4n) is 3.83. The minimum atomic E-state index is -3.13. The van der Waals surface area contributed by atoms with Crippen molar-refractivity contribution in [1.82, 2.24) is 20.2 Å². The molecule has 0 bridgehead atoms. The van der Waals surface area contributed by atoms with Gasteiger partial charge in [-0.15, -0.1) is 0 Å². The second kappa shape index (κ2) is 10.9. The minimum absolute atomic E-state index is 0.0132. The molecule has 0 saturated heterocycles.